The van der Waals surface area contributed by atoms with Crippen molar-refractivity contribution in [1.82, 2.24) is 5.32 Å². The van der Waals surface area contributed by atoms with Gasteiger partial charge in [-0.1, -0.05) is 26.0 Å². The highest BCUT2D eigenvalue weighted by molar-refractivity contribution is 6.12. The van der Waals surface area contributed by atoms with E-state index < -0.39 is 23.8 Å². The highest BCUT2D eigenvalue weighted by Gasteiger charge is 2.47. The van der Waals surface area contributed by atoms with Crippen molar-refractivity contribution in [1.29, 1.82) is 0 Å². The number of dihydropyridines is 1. The lowest BCUT2D eigenvalue weighted by Gasteiger charge is -2.38. The van der Waals surface area contributed by atoms with Gasteiger partial charge in [0.1, 0.15) is 18.3 Å². The topological polar surface area (TPSA) is 100 Å². The van der Waals surface area contributed by atoms with E-state index in [1.807, 2.05) is 45.0 Å². The molecule has 8 nitrogen and oxygen atoms in total. The van der Waals surface area contributed by atoms with Gasteiger partial charge in [0.15, 0.2) is 5.78 Å². The van der Waals surface area contributed by atoms with Crippen molar-refractivity contribution in [2.75, 3.05) is 33.5 Å². The van der Waals surface area contributed by atoms with Gasteiger partial charge >= 0.3 is 11.9 Å². The summed E-state index contributed by atoms with van der Waals surface area (Å²) in [5.74, 6) is -2.58. The van der Waals surface area contributed by atoms with Gasteiger partial charge in [0.2, 0.25) is 0 Å². The standard InChI is InChI=1S/C27H35NO7/c1-6-12-33-13-14-35-27(31)22-17(4)28-20-15-16(3)21(26(30)32-5)25(29)24(20)23(22)18-8-10-19(11-9-18)34-7-2/h8-11,16,21,23,28H,6-7,12-15H2,1-5H3/t16-,21+,23+/m1/s1. The fourth-order valence-corrected chi connectivity index (χ4v) is 4.73. The van der Waals surface area contributed by atoms with Gasteiger partial charge in [-0.25, -0.2) is 4.79 Å². The van der Waals surface area contributed by atoms with Crippen molar-refractivity contribution in [3.05, 3.63) is 52.4 Å². The smallest absolute Gasteiger partial charge is 0.336 e. The van der Waals surface area contributed by atoms with Crippen molar-refractivity contribution in [3.8, 4) is 5.75 Å². The molecule has 0 saturated carbocycles. The normalized spacial score (nSPS) is 21.9. The second-order valence-corrected chi connectivity index (χ2v) is 8.79. The number of carbonyl (C=O) groups excluding carboxylic acids is 3. The van der Waals surface area contributed by atoms with Crippen LogP contribution in [0.1, 0.15) is 52.0 Å². The van der Waals surface area contributed by atoms with Gasteiger partial charge in [0.05, 0.1) is 25.9 Å². The molecule has 0 fully saturated rings. The minimum Gasteiger partial charge on any atom is -0.494 e. The number of esters is 2. The molecular formula is C27H35NO7. The largest absolute Gasteiger partial charge is 0.494 e. The van der Waals surface area contributed by atoms with Crippen LogP contribution in [0.25, 0.3) is 0 Å². The number of methoxy groups -OCH3 is 1. The number of benzene rings is 1. The summed E-state index contributed by atoms with van der Waals surface area (Å²) in [7, 11) is 1.28. The Bertz CT molecular complexity index is 1010. The van der Waals surface area contributed by atoms with Gasteiger partial charge in [0.25, 0.3) is 0 Å². The van der Waals surface area contributed by atoms with Crippen LogP contribution in [-0.2, 0) is 28.6 Å². The molecule has 0 saturated heterocycles. The Labute approximate surface area is 206 Å². The van der Waals surface area contributed by atoms with Crippen molar-refractivity contribution in [2.24, 2.45) is 11.8 Å². The maximum absolute atomic E-state index is 13.7. The predicted octanol–water partition coefficient (Wildman–Crippen LogP) is 3.67. The van der Waals surface area contributed by atoms with Crippen molar-refractivity contribution in [3.63, 3.8) is 0 Å². The minimum atomic E-state index is -0.927. The Hall–Kier alpha value is -3.13. The number of ketones is 1. The molecule has 0 bridgehead atoms. The number of ether oxygens (including phenoxy) is 4. The molecule has 3 atom stereocenters. The third-order valence-corrected chi connectivity index (χ3v) is 6.30. The molecule has 1 aliphatic carbocycles. The van der Waals surface area contributed by atoms with E-state index in [0.717, 1.165) is 17.7 Å². The van der Waals surface area contributed by atoms with E-state index in [0.29, 0.717) is 48.8 Å². The Morgan fingerprint density at radius 3 is 2.43 bits per heavy atom. The van der Waals surface area contributed by atoms with Gasteiger partial charge in [-0.2, -0.15) is 0 Å². The first-order chi connectivity index (χ1) is 16.8. The Balaban J connectivity index is 2.01. The zero-order valence-corrected chi connectivity index (χ0v) is 21.1. The first-order valence-electron chi connectivity index (χ1n) is 12.1. The van der Waals surface area contributed by atoms with Crippen LogP contribution in [0, 0.1) is 11.8 Å². The third-order valence-electron chi connectivity index (χ3n) is 6.30. The molecule has 1 aromatic carbocycles. The number of Topliss-reactive ketones (excluding diaryl/α,β-unsaturated/α-hetero) is 1. The molecule has 3 rings (SSSR count). The third kappa shape index (κ3) is 5.75. The minimum absolute atomic E-state index is 0.104. The van der Waals surface area contributed by atoms with Crippen molar-refractivity contribution >= 4 is 17.7 Å². The molecule has 1 heterocycles. The lowest BCUT2D eigenvalue weighted by Crippen LogP contribution is -2.43. The predicted molar refractivity (Wildman–Crippen MR) is 130 cm³/mol. The molecule has 0 amide bonds. The summed E-state index contributed by atoms with van der Waals surface area (Å²) < 4.78 is 21.5. The second kappa shape index (κ2) is 12.0. The molecule has 1 aliphatic heterocycles. The van der Waals surface area contributed by atoms with E-state index in [2.05, 4.69) is 5.32 Å². The van der Waals surface area contributed by atoms with E-state index in [4.69, 9.17) is 18.9 Å². The first kappa shape index (κ1) is 26.5. The van der Waals surface area contributed by atoms with Crippen LogP contribution in [0.5, 0.6) is 5.75 Å². The summed E-state index contributed by atoms with van der Waals surface area (Å²) in [4.78, 5) is 39.5. The quantitative estimate of drug-likeness (QED) is 0.304. The highest BCUT2D eigenvalue weighted by Crippen LogP contribution is 2.45. The van der Waals surface area contributed by atoms with E-state index in [9.17, 15) is 14.4 Å². The van der Waals surface area contributed by atoms with Crippen LogP contribution in [0.4, 0.5) is 0 Å². The van der Waals surface area contributed by atoms with Crippen LogP contribution in [0.15, 0.2) is 46.8 Å². The van der Waals surface area contributed by atoms with Crippen LogP contribution in [0.2, 0.25) is 0 Å². The Morgan fingerprint density at radius 2 is 1.80 bits per heavy atom. The maximum atomic E-state index is 13.7. The molecular weight excluding hydrogens is 450 g/mol. The summed E-state index contributed by atoms with van der Waals surface area (Å²) in [6, 6.07) is 7.31. The monoisotopic (exact) mass is 485 g/mol. The average molecular weight is 486 g/mol. The van der Waals surface area contributed by atoms with Crippen LogP contribution < -0.4 is 10.1 Å². The van der Waals surface area contributed by atoms with E-state index in [1.165, 1.54) is 7.11 Å². The van der Waals surface area contributed by atoms with Crippen LogP contribution >= 0.6 is 0 Å². The van der Waals surface area contributed by atoms with Crippen LogP contribution in [-0.4, -0.2) is 51.3 Å². The maximum Gasteiger partial charge on any atom is 0.336 e. The zero-order valence-electron chi connectivity index (χ0n) is 21.1. The summed E-state index contributed by atoms with van der Waals surface area (Å²) in [5, 5.41) is 3.26. The molecule has 8 heteroatoms. The molecule has 0 spiro atoms. The number of carbonyl (C=O) groups is 3. The van der Waals surface area contributed by atoms with Gasteiger partial charge in [-0.05, 0) is 50.3 Å². The van der Waals surface area contributed by atoms with E-state index in [-0.39, 0.29) is 18.3 Å². The summed E-state index contributed by atoms with van der Waals surface area (Å²) in [6.45, 7) is 9.08. The van der Waals surface area contributed by atoms with E-state index in [1.54, 1.807) is 6.92 Å². The van der Waals surface area contributed by atoms with Gasteiger partial charge in [-0.3, -0.25) is 9.59 Å². The number of hydrogen-bond donors (Lipinski definition) is 1. The van der Waals surface area contributed by atoms with E-state index >= 15 is 0 Å². The molecule has 190 valence electrons. The van der Waals surface area contributed by atoms with Crippen molar-refractivity contribution in [2.45, 2.75) is 46.5 Å². The lowest BCUT2D eigenvalue weighted by molar-refractivity contribution is -0.151. The van der Waals surface area contributed by atoms with Crippen molar-refractivity contribution < 1.29 is 33.3 Å². The highest BCUT2D eigenvalue weighted by atomic mass is 16.6. The molecule has 0 unspecified atom stereocenters. The summed E-state index contributed by atoms with van der Waals surface area (Å²) >= 11 is 0. The number of hydrogen-bond acceptors (Lipinski definition) is 8. The number of rotatable bonds is 10. The fraction of sp³-hybridized carbons (Fsp3) is 0.519. The number of allylic oxidation sites excluding steroid dienone is 3. The Kier molecular flexibility index (Phi) is 9.09. The summed E-state index contributed by atoms with van der Waals surface area (Å²) in [5.41, 5.74) is 2.83. The SMILES string of the molecule is CCCOCCOC(=O)C1=C(C)NC2=C(C(=O)[C@@H](C(=O)OC)[C@H](C)C2)[C@H]1c1ccc(OCC)cc1. The average Bonchev–Trinajstić information content (AvgIpc) is 2.83. The van der Waals surface area contributed by atoms with Gasteiger partial charge < -0.3 is 24.3 Å². The van der Waals surface area contributed by atoms with Gasteiger partial charge in [0, 0.05) is 29.5 Å². The molecule has 0 aromatic heterocycles. The second-order valence-electron chi connectivity index (χ2n) is 8.79. The first-order valence-corrected chi connectivity index (χ1v) is 12.1. The summed E-state index contributed by atoms with van der Waals surface area (Å²) in [6.07, 6.45) is 1.36. The number of nitrogens with one attached hydrogen (secondary N) is 1. The van der Waals surface area contributed by atoms with Crippen LogP contribution in [0.3, 0.4) is 0 Å². The fourth-order valence-electron chi connectivity index (χ4n) is 4.73. The molecule has 35 heavy (non-hydrogen) atoms. The lowest BCUT2D eigenvalue weighted by atomic mass is 9.69. The molecule has 2 aliphatic rings. The molecule has 0 radical (unpaired) electrons. The molecule has 1 aromatic rings. The molecule has 1 N–H and O–H groups in total. The zero-order chi connectivity index (χ0) is 25.5. The van der Waals surface area contributed by atoms with Gasteiger partial charge in [-0.15, -0.1) is 0 Å². The Morgan fingerprint density at radius 1 is 1.09 bits per heavy atom.